The molecular formula is C19H18N2O7S. The number of esters is 2. The first kappa shape index (κ1) is 19.4. The third kappa shape index (κ3) is 2.65. The smallest absolute Gasteiger partial charge is 0.330 e. The minimum atomic E-state index is -1.03. The fourth-order valence-corrected chi connectivity index (χ4v) is 5.75. The van der Waals surface area contributed by atoms with E-state index in [0.717, 1.165) is 4.90 Å². The van der Waals surface area contributed by atoms with Crippen LogP contribution in [0.2, 0.25) is 0 Å². The molecule has 0 bridgehead atoms. The Morgan fingerprint density at radius 1 is 1.14 bits per heavy atom. The molecule has 0 unspecified atom stereocenters. The summed E-state index contributed by atoms with van der Waals surface area (Å²) in [6, 6.07) is 4.35. The van der Waals surface area contributed by atoms with E-state index >= 15 is 0 Å². The van der Waals surface area contributed by atoms with Crippen molar-refractivity contribution in [2.24, 2.45) is 0 Å². The minimum absolute atomic E-state index is 0.123. The van der Waals surface area contributed by atoms with Gasteiger partial charge in [-0.3, -0.25) is 24.1 Å². The molecule has 2 fully saturated rings. The van der Waals surface area contributed by atoms with Gasteiger partial charge in [0, 0.05) is 6.92 Å². The molecule has 3 heterocycles. The lowest BCUT2D eigenvalue weighted by Crippen LogP contribution is -2.71. The number of fused-ring (bicyclic) bond motifs is 2. The number of β-lactam (4-membered cyclic amide) rings is 1. The van der Waals surface area contributed by atoms with Gasteiger partial charge in [0.2, 0.25) is 0 Å². The predicted molar refractivity (Wildman–Crippen MR) is 99.8 cm³/mol. The number of amides is 3. The number of hydrogen-bond donors (Lipinski definition) is 0. The normalized spacial score (nSPS) is 30.0. The fourth-order valence-electron chi connectivity index (χ4n) is 4.03. The van der Waals surface area contributed by atoms with Gasteiger partial charge in [0.25, 0.3) is 17.7 Å². The average Bonchev–Trinajstić information content (AvgIpc) is 3.11. The van der Waals surface area contributed by atoms with E-state index in [2.05, 4.69) is 0 Å². The summed E-state index contributed by atoms with van der Waals surface area (Å²) in [7, 11) is 1.21. The van der Waals surface area contributed by atoms with Gasteiger partial charge in [-0.1, -0.05) is 12.1 Å². The van der Waals surface area contributed by atoms with E-state index < -0.39 is 51.9 Å². The SMILES string of the molecule is COC(=O)[C@@H]1N2C(=O)[C@@H](N3C(=O)c4ccccc4C3=O)[C@H]2S[C@@]1(C)COC(C)=O. The molecular weight excluding hydrogens is 400 g/mol. The number of thioether (sulfide) groups is 1. The number of hydrogen-bond acceptors (Lipinski definition) is 8. The lowest BCUT2D eigenvalue weighted by atomic mass is 9.94. The Morgan fingerprint density at radius 2 is 1.72 bits per heavy atom. The van der Waals surface area contributed by atoms with E-state index in [1.54, 1.807) is 31.2 Å². The van der Waals surface area contributed by atoms with E-state index in [1.807, 2.05) is 0 Å². The van der Waals surface area contributed by atoms with Crippen LogP contribution in [-0.4, -0.2) is 75.4 Å². The highest BCUT2D eigenvalue weighted by atomic mass is 32.2. The summed E-state index contributed by atoms with van der Waals surface area (Å²) in [4.78, 5) is 64.6. The first-order valence-electron chi connectivity index (χ1n) is 8.89. The zero-order valence-electron chi connectivity index (χ0n) is 15.9. The van der Waals surface area contributed by atoms with Crippen molar-refractivity contribution in [2.75, 3.05) is 13.7 Å². The number of carbonyl (C=O) groups excluding carboxylic acids is 5. The molecule has 0 aromatic heterocycles. The minimum Gasteiger partial charge on any atom is -0.467 e. The molecule has 0 radical (unpaired) electrons. The van der Waals surface area contributed by atoms with Crippen molar-refractivity contribution in [1.82, 2.24) is 9.80 Å². The number of nitrogens with zero attached hydrogens (tertiary/aromatic N) is 2. The van der Waals surface area contributed by atoms with Crippen molar-refractivity contribution >= 4 is 41.4 Å². The molecule has 0 saturated carbocycles. The Bertz CT molecular complexity index is 929. The summed E-state index contributed by atoms with van der Waals surface area (Å²) in [5.41, 5.74) is 0.498. The Morgan fingerprint density at radius 3 is 2.24 bits per heavy atom. The van der Waals surface area contributed by atoms with Gasteiger partial charge < -0.3 is 14.4 Å². The number of carbonyl (C=O) groups is 5. The quantitative estimate of drug-likeness (QED) is 0.393. The van der Waals surface area contributed by atoms with Crippen molar-refractivity contribution in [2.45, 2.75) is 36.1 Å². The summed E-state index contributed by atoms with van der Waals surface area (Å²) >= 11 is 1.22. The zero-order chi connectivity index (χ0) is 21.1. The molecule has 3 aliphatic rings. The maximum atomic E-state index is 13.0. The van der Waals surface area contributed by atoms with E-state index in [0.29, 0.717) is 0 Å². The Hall–Kier alpha value is -2.88. The molecule has 4 rings (SSSR count). The summed E-state index contributed by atoms with van der Waals surface area (Å²) in [5.74, 6) is -2.75. The second-order valence-electron chi connectivity index (χ2n) is 7.24. The van der Waals surface area contributed by atoms with Crippen molar-refractivity contribution in [3.8, 4) is 0 Å². The van der Waals surface area contributed by atoms with Crippen LogP contribution in [0.3, 0.4) is 0 Å². The number of imide groups is 1. The molecule has 29 heavy (non-hydrogen) atoms. The number of benzene rings is 1. The van der Waals surface area contributed by atoms with Crippen molar-refractivity contribution < 1.29 is 33.4 Å². The first-order valence-corrected chi connectivity index (χ1v) is 9.77. The number of ether oxygens (including phenoxy) is 2. The zero-order valence-corrected chi connectivity index (χ0v) is 16.7. The molecule has 3 amide bonds. The molecule has 0 aliphatic carbocycles. The topological polar surface area (TPSA) is 110 Å². The van der Waals surface area contributed by atoms with Gasteiger partial charge >= 0.3 is 11.9 Å². The van der Waals surface area contributed by atoms with Crippen LogP contribution < -0.4 is 0 Å². The Labute approximate surface area is 170 Å². The third-order valence-corrected chi connectivity index (χ3v) is 6.99. The monoisotopic (exact) mass is 418 g/mol. The molecule has 9 nitrogen and oxygen atoms in total. The Kier molecular flexibility index (Phi) is 4.41. The van der Waals surface area contributed by atoms with Crippen molar-refractivity contribution in [1.29, 1.82) is 0 Å². The van der Waals surface area contributed by atoms with Gasteiger partial charge in [0.15, 0.2) is 0 Å². The summed E-state index contributed by atoms with van der Waals surface area (Å²) in [6.07, 6.45) is 0. The second-order valence-corrected chi connectivity index (χ2v) is 8.89. The molecule has 3 aliphatic heterocycles. The van der Waals surface area contributed by atoms with Crippen LogP contribution in [0.5, 0.6) is 0 Å². The predicted octanol–water partition coefficient (Wildman–Crippen LogP) is 0.430. The highest BCUT2D eigenvalue weighted by molar-refractivity contribution is 8.01. The van der Waals surface area contributed by atoms with Crippen molar-refractivity contribution in [3.63, 3.8) is 0 Å². The first-order chi connectivity index (χ1) is 13.7. The van der Waals surface area contributed by atoms with Gasteiger partial charge in [-0.2, -0.15) is 0 Å². The second kappa shape index (κ2) is 6.58. The van der Waals surface area contributed by atoms with E-state index in [-0.39, 0.29) is 17.7 Å². The summed E-state index contributed by atoms with van der Waals surface area (Å²) < 4.78 is 8.99. The van der Waals surface area contributed by atoms with Crippen LogP contribution in [-0.2, 0) is 23.9 Å². The highest BCUT2D eigenvalue weighted by Gasteiger charge is 2.69. The van der Waals surface area contributed by atoms with Gasteiger partial charge in [-0.25, -0.2) is 4.79 Å². The van der Waals surface area contributed by atoms with Gasteiger partial charge in [0.05, 0.1) is 23.0 Å². The molecule has 1 aromatic carbocycles. The molecule has 4 atom stereocenters. The van der Waals surface area contributed by atoms with E-state index in [1.165, 1.54) is 30.7 Å². The molecule has 0 N–H and O–H groups in total. The van der Waals surface area contributed by atoms with E-state index in [4.69, 9.17) is 9.47 Å². The van der Waals surface area contributed by atoms with E-state index in [9.17, 15) is 24.0 Å². The highest BCUT2D eigenvalue weighted by Crippen LogP contribution is 2.53. The summed E-state index contributed by atoms with van der Waals surface area (Å²) in [6.45, 7) is 2.81. The fraction of sp³-hybridized carbons (Fsp3) is 0.421. The summed E-state index contributed by atoms with van der Waals surface area (Å²) in [5, 5.41) is -0.630. The largest absolute Gasteiger partial charge is 0.467 e. The lowest BCUT2D eigenvalue weighted by Gasteiger charge is -2.46. The Balaban J connectivity index is 1.66. The van der Waals surface area contributed by atoms with Crippen LogP contribution >= 0.6 is 11.8 Å². The van der Waals surface area contributed by atoms with Gasteiger partial charge in [-0.15, -0.1) is 11.8 Å². The molecule has 2 saturated heterocycles. The van der Waals surface area contributed by atoms with Crippen LogP contribution in [0, 0.1) is 0 Å². The van der Waals surface area contributed by atoms with Crippen LogP contribution in [0.4, 0.5) is 0 Å². The molecule has 0 spiro atoms. The number of rotatable bonds is 4. The van der Waals surface area contributed by atoms with Crippen LogP contribution in [0.15, 0.2) is 24.3 Å². The lowest BCUT2D eigenvalue weighted by molar-refractivity contribution is -0.165. The maximum absolute atomic E-state index is 13.0. The van der Waals surface area contributed by atoms with Crippen LogP contribution in [0.25, 0.3) is 0 Å². The van der Waals surface area contributed by atoms with Crippen LogP contribution in [0.1, 0.15) is 34.6 Å². The standard InChI is InChI=1S/C19H18N2O7S/c1-9(22)28-8-19(2)13(18(26)27-3)21-16(25)12(17(21)29-19)20-14(23)10-6-4-5-7-11(10)15(20)24/h4-7,12-13,17H,8H2,1-3H3/t12-,13+,17-,19+/m1/s1. The third-order valence-electron chi connectivity index (χ3n) is 5.39. The van der Waals surface area contributed by atoms with Crippen molar-refractivity contribution in [3.05, 3.63) is 35.4 Å². The average molecular weight is 418 g/mol. The maximum Gasteiger partial charge on any atom is 0.330 e. The van der Waals surface area contributed by atoms with Gasteiger partial charge in [-0.05, 0) is 19.1 Å². The molecule has 10 heteroatoms. The molecule has 152 valence electrons. The van der Waals surface area contributed by atoms with Gasteiger partial charge in [0.1, 0.15) is 24.1 Å². The number of methoxy groups -OCH3 is 1. The molecule has 1 aromatic rings.